The van der Waals surface area contributed by atoms with E-state index in [9.17, 15) is 9.59 Å². The molecule has 0 spiro atoms. The molecule has 0 fully saturated rings. The fraction of sp³-hybridized carbons (Fsp3) is 0.250. The Hall–Kier alpha value is -3.53. The number of amides is 2. The van der Waals surface area contributed by atoms with Crippen LogP contribution < -0.4 is 20.1 Å². The van der Waals surface area contributed by atoms with E-state index in [-0.39, 0.29) is 0 Å². The Kier molecular flexibility index (Phi) is 6.03. The number of nitriles is 1. The number of carbonyl (C=O) groups excluding carboxylic acids is 2. The van der Waals surface area contributed by atoms with E-state index in [4.69, 9.17) is 14.7 Å². The Balaban J connectivity index is 2.17. The smallest absolute Gasteiger partial charge is 0.239 e. The zero-order valence-electron chi connectivity index (χ0n) is 15.6. The first kappa shape index (κ1) is 19.8. The molecule has 2 aromatic carbocycles. The summed E-state index contributed by atoms with van der Waals surface area (Å²) in [6.07, 6.45) is 0. The van der Waals surface area contributed by atoms with Gasteiger partial charge in [0.1, 0.15) is 11.5 Å². The van der Waals surface area contributed by atoms with E-state index in [0.29, 0.717) is 28.4 Å². The molecule has 2 rings (SSSR count). The monoisotopic (exact) mass is 367 g/mol. The van der Waals surface area contributed by atoms with E-state index < -0.39 is 17.2 Å². The van der Waals surface area contributed by atoms with Crippen LogP contribution in [-0.2, 0) is 9.59 Å². The summed E-state index contributed by atoms with van der Waals surface area (Å²) in [5.41, 5.74) is -0.231. The lowest BCUT2D eigenvalue weighted by atomic mass is 9.90. The van der Waals surface area contributed by atoms with Crippen molar-refractivity contribution in [3.8, 4) is 17.6 Å². The molecule has 0 radical (unpaired) electrons. The quantitative estimate of drug-likeness (QED) is 0.764. The van der Waals surface area contributed by atoms with Crippen molar-refractivity contribution in [3.63, 3.8) is 0 Å². The average molecular weight is 367 g/mol. The third-order valence-corrected chi connectivity index (χ3v) is 4.07. The first-order chi connectivity index (χ1) is 12.8. The summed E-state index contributed by atoms with van der Waals surface area (Å²) in [6, 6.07) is 13.5. The summed E-state index contributed by atoms with van der Waals surface area (Å²) < 4.78 is 10.4. The van der Waals surface area contributed by atoms with Gasteiger partial charge in [-0.1, -0.05) is 12.1 Å². The predicted molar refractivity (Wildman–Crippen MR) is 102 cm³/mol. The molecular formula is C20H21N3O4. The molecule has 0 unspecified atom stereocenters. The third kappa shape index (κ3) is 4.36. The highest BCUT2D eigenvalue weighted by molar-refractivity contribution is 6.14. The fourth-order valence-electron chi connectivity index (χ4n) is 2.27. The lowest BCUT2D eigenvalue weighted by molar-refractivity contribution is -0.135. The Bertz CT molecular complexity index is 900. The average Bonchev–Trinajstić information content (AvgIpc) is 2.68. The maximum atomic E-state index is 12.7. The molecule has 2 amide bonds. The molecule has 7 nitrogen and oxygen atoms in total. The Labute approximate surface area is 157 Å². The molecule has 0 aliphatic carbocycles. The second-order valence-corrected chi connectivity index (χ2v) is 6.26. The van der Waals surface area contributed by atoms with E-state index in [0.717, 1.165) is 0 Å². The van der Waals surface area contributed by atoms with Crippen molar-refractivity contribution in [3.05, 3.63) is 48.0 Å². The second-order valence-electron chi connectivity index (χ2n) is 6.26. The van der Waals surface area contributed by atoms with E-state index in [1.165, 1.54) is 28.1 Å². The topological polar surface area (TPSA) is 100 Å². The van der Waals surface area contributed by atoms with Crippen LogP contribution in [0.1, 0.15) is 19.4 Å². The lowest BCUT2D eigenvalue weighted by Crippen LogP contribution is -2.41. The van der Waals surface area contributed by atoms with Gasteiger partial charge in [-0.3, -0.25) is 9.59 Å². The normalized spacial score (nSPS) is 10.5. The lowest BCUT2D eigenvalue weighted by Gasteiger charge is -2.23. The molecule has 0 aliphatic heterocycles. The number of hydrogen-bond donors (Lipinski definition) is 2. The second kappa shape index (κ2) is 8.23. The molecule has 0 aromatic heterocycles. The van der Waals surface area contributed by atoms with Gasteiger partial charge in [-0.2, -0.15) is 5.26 Å². The number of nitrogens with zero attached hydrogens (tertiary/aromatic N) is 1. The van der Waals surface area contributed by atoms with Crippen molar-refractivity contribution >= 4 is 23.2 Å². The van der Waals surface area contributed by atoms with Gasteiger partial charge in [-0.25, -0.2) is 0 Å². The van der Waals surface area contributed by atoms with Crippen LogP contribution in [0.15, 0.2) is 42.5 Å². The number of hydrogen-bond acceptors (Lipinski definition) is 5. The standard InChI is InChI=1S/C20H21N3O4/c1-20(2,19(25)23-15-8-6-5-7-13(15)12-21)18(24)22-14-9-10-16(26-3)17(11-14)27-4/h5-11H,1-4H3,(H,22,24)(H,23,25). The van der Waals surface area contributed by atoms with Crippen molar-refractivity contribution in [1.82, 2.24) is 0 Å². The summed E-state index contributed by atoms with van der Waals surface area (Å²) in [7, 11) is 3.01. The molecule has 0 aliphatic rings. The van der Waals surface area contributed by atoms with Crippen LogP contribution in [0.25, 0.3) is 0 Å². The summed E-state index contributed by atoms with van der Waals surface area (Å²) in [5.74, 6) is -0.0362. The van der Waals surface area contributed by atoms with Gasteiger partial charge in [0, 0.05) is 11.8 Å². The van der Waals surface area contributed by atoms with Gasteiger partial charge >= 0.3 is 0 Å². The minimum Gasteiger partial charge on any atom is -0.493 e. The van der Waals surface area contributed by atoms with E-state index >= 15 is 0 Å². The fourth-order valence-corrected chi connectivity index (χ4v) is 2.27. The summed E-state index contributed by atoms with van der Waals surface area (Å²) >= 11 is 0. The number of benzene rings is 2. The Morgan fingerprint density at radius 1 is 0.963 bits per heavy atom. The van der Waals surface area contributed by atoms with Crippen molar-refractivity contribution in [2.75, 3.05) is 24.9 Å². The van der Waals surface area contributed by atoms with Gasteiger partial charge in [0.05, 0.1) is 25.5 Å². The molecular weight excluding hydrogens is 346 g/mol. The SMILES string of the molecule is COc1ccc(NC(=O)C(C)(C)C(=O)Nc2ccccc2C#N)cc1OC. The molecule has 0 saturated heterocycles. The highest BCUT2D eigenvalue weighted by Crippen LogP contribution is 2.31. The number of para-hydroxylation sites is 1. The van der Waals surface area contributed by atoms with Gasteiger partial charge in [-0.05, 0) is 38.1 Å². The van der Waals surface area contributed by atoms with Crippen molar-refractivity contribution in [2.24, 2.45) is 5.41 Å². The van der Waals surface area contributed by atoms with Crippen LogP contribution in [0.4, 0.5) is 11.4 Å². The van der Waals surface area contributed by atoms with Crippen LogP contribution in [0.2, 0.25) is 0 Å². The van der Waals surface area contributed by atoms with Gasteiger partial charge in [0.2, 0.25) is 11.8 Å². The summed E-state index contributed by atoms with van der Waals surface area (Å²) in [6.45, 7) is 3.01. The largest absolute Gasteiger partial charge is 0.493 e. The first-order valence-electron chi connectivity index (χ1n) is 8.17. The number of nitrogens with one attached hydrogen (secondary N) is 2. The van der Waals surface area contributed by atoms with E-state index in [1.807, 2.05) is 6.07 Å². The highest BCUT2D eigenvalue weighted by Gasteiger charge is 2.36. The van der Waals surface area contributed by atoms with Gasteiger partial charge in [0.15, 0.2) is 11.5 Å². The molecule has 0 bridgehead atoms. The molecule has 0 saturated carbocycles. The minimum atomic E-state index is -1.38. The van der Waals surface area contributed by atoms with Gasteiger partial charge in [0.25, 0.3) is 0 Å². The first-order valence-corrected chi connectivity index (χ1v) is 8.17. The molecule has 27 heavy (non-hydrogen) atoms. The Morgan fingerprint density at radius 2 is 1.59 bits per heavy atom. The van der Waals surface area contributed by atoms with E-state index in [2.05, 4.69) is 10.6 Å². The van der Waals surface area contributed by atoms with Crippen LogP contribution in [0.5, 0.6) is 11.5 Å². The summed E-state index contributed by atoms with van der Waals surface area (Å²) in [4.78, 5) is 25.3. The van der Waals surface area contributed by atoms with E-state index in [1.54, 1.807) is 42.5 Å². The van der Waals surface area contributed by atoms with Gasteiger partial charge < -0.3 is 20.1 Å². The van der Waals surface area contributed by atoms with Crippen molar-refractivity contribution in [1.29, 1.82) is 5.26 Å². The number of rotatable bonds is 6. The van der Waals surface area contributed by atoms with Crippen LogP contribution in [-0.4, -0.2) is 26.0 Å². The molecule has 140 valence electrons. The zero-order chi connectivity index (χ0) is 20.0. The van der Waals surface area contributed by atoms with Crippen molar-refractivity contribution in [2.45, 2.75) is 13.8 Å². The molecule has 7 heteroatoms. The molecule has 2 N–H and O–H groups in total. The number of anilines is 2. The molecule has 0 atom stereocenters. The maximum absolute atomic E-state index is 12.7. The molecule has 2 aromatic rings. The minimum absolute atomic E-state index is 0.321. The van der Waals surface area contributed by atoms with Gasteiger partial charge in [-0.15, -0.1) is 0 Å². The Morgan fingerprint density at radius 3 is 2.22 bits per heavy atom. The molecule has 0 heterocycles. The number of ether oxygens (including phenoxy) is 2. The summed E-state index contributed by atoms with van der Waals surface area (Å²) in [5, 5.41) is 14.5. The highest BCUT2D eigenvalue weighted by atomic mass is 16.5. The van der Waals surface area contributed by atoms with Crippen LogP contribution in [0, 0.1) is 16.7 Å². The van der Waals surface area contributed by atoms with Crippen LogP contribution >= 0.6 is 0 Å². The maximum Gasteiger partial charge on any atom is 0.239 e. The predicted octanol–water partition coefficient (Wildman–Crippen LogP) is 3.18. The zero-order valence-corrected chi connectivity index (χ0v) is 15.6. The number of carbonyl (C=O) groups is 2. The van der Waals surface area contributed by atoms with Crippen LogP contribution in [0.3, 0.4) is 0 Å². The van der Waals surface area contributed by atoms with Crippen molar-refractivity contribution < 1.29 is 19.1 Å². The third-order valence-electron chi connectivity index (χ3n) is 4.07. The number of methoxy groups -OCH3 is 2.